The second-order valence-corrected chi connectivity index (χ2v) is 6.25. The van der Waals surface area contributed by atoms with Crippen LogP contribution in [0, 0.1) is 0 Å². The number of thioether (sulfide) groups is 1. The first-order valence-electron chi connectivity index (χ1n) is 7.19. The van der Waals surface area contributed by atoms with Crippen molar-refractivity contribution in [1.82, 2.24) is 10.2 Å². The van der Waals surface area contributed by atoms with Gasteiger partial charge in [0, 0.05) is 25.4 Å². The van der Waals surface area contributed by atoms with Crippen LogP contribution in [0.15, 0.2) is 24.3 Å². The van der Waals surface area contributed by atoms with Crippen molar-refractivity contribution in [3.63, 3.8) is 0 Å². The fourth-order valence-electron chi connectivity index (χ4n) is 2.34. The zero-order valence-electron chi connectivity index (χ0n) is 12.4. The molecule has 4 nitrogen and oxygen atoms in total. The molecule has 1 aliphatic heterocycles. The highest BCUT2D eigenvalue weighted by molar-refractivity contribution is 7.99. The number of urea groups is 1. The quantitative estimate of drug-likeness (QED) is 0.872. The Morgan fingerprint density at radius 3 is 2.95 bits per heavy atom. The van der Waals surface area contributed by atoms with Crippen LogP contribution in [0.2, 0.25) is 0 Å². The molecule has 1 aliphatic rings. The lowest BCUT2D eigenvalue weighted by Gasteiger charge is -2.24. The average molecular weight is 330 g/mol. The topological polar surface area (TPSA) is 41.6 Å². The Morgan fingerprint density at radius 2 is 2.27 bits per heavy atom. The van der Waals surface area contributed by atoms with E-state index in [1.165, 1.54) is 6.07 Å². The minimum Gasteiger partial charge on any atom is -0.435 e. The molecular weight excluding hydrogens is 310 g/mol. The van der Waals surface area contributed by atoms with E-state index >= 15 is 0 Å². The summed E-state index contributed by atoms with van der Waals surface area (Å²) in [6.45, 7) is -2.46. The lowest BCUT2D eigenvalue weighted by atomic mass is 10.1. The highest BCUT2D eigenvalue weighted by Crippen LogP contribution is 2.22. The van der Waals surface area contributed by atoms with Gasteiger partial charge in [0.1, 0.15) is 5.75 Å². The summed E-state index contributed by atoms with van der Waals surface area (Å²) < 4.78 is 29.1. The average Bonchev–Trinajstić information content (AvgIpc) is 3.01. The Hall–Kier alpha value is -1.50. The van der Waals surface area contributed by atoms with Crippen molar-refractivity contribution in [2.75, 3.05) is 25.1 Å². The third-order valence-electron chi connectivity index (χ3n) is 3.63. The van der Waals surface area contributed by atoms with Crippen LogP contribution in [0.25, 0.3) is 0 Å². The number of hydrogen-bond acceptors (Lipinski definition) is 3. The minimum atomic E-state index is -2.85. The van der Waals surface area contributed by atoms with Gasteiger partial charge >= 0.3 is 12.6 Å². The standard InChI is InChI=1S/C15H20F2N2O2S/c1-19(12-7-9-22-10-12)15(20)18-8-6-11-4-2-3-5-13(11)21-14(16)17/h2-5,12,14H,6-10H2,1H3,(H,18,20)/t12-/m0/s1. The van der Waals surface area contributed by atoms with Crippen molar-refractivity contribution in [2.45, 2.75) is 25.5 Å². The van der Waals surface area contributed by atoms with Gasteiger partial charge in [-0.05, 0) is 30.2 Å². The molecule has 1 saturated heterocycles. The summed E-state index contributed by atoms with van der Waals surface area (Å²) >= 11 is 1.85. The Morgan fingerprint density at radius 1 is 1.50 bits per heavy atom. The Balaban J connectivity index is 1.81. The van der Waals surface area contributed by atoms with E-state index in [1.54, 1.807) is 30.1 Å². The van der Waals surface area contributed by atoms with Crippen LogP contribution in [0.1, 0.15) is 12.0 Å². The first kappa shape index (κ1) is 16.9. The Labute approximate surface area is 133 Å². The van der Waals surface area contributed by atoms with Gasteiger partial charge in [-0.1, -0.05) is 18.2 Å². The van der Waals surface area contributed by atoms with E-state index in [-0.39, 0.29) is 17.8 Å². The van der Waals surface area contributed by atoms with Crippen molar-refractivity contribution < 1.29 is 18.3 Å². The summed E-state index contributed by atoms with van der Waals surface area (Å²) in [5.41, 5.74) is 0.655. The van der Waals surface area contributed by atoms with Gasteiger partial charge < -0.3 is 15.0 Å². The van der Waals surface area contributed by atoms with Crippen molar-refractivity contribution in [3.8, 4) is 5.75 Å². The van der Waals surface area contributed by atoms with E-state index < -0.39 is 6.61 Å². The highest BCUT2D eigenvalue weighted by Gasteiger charge is 2.23. The number of rotatable bonds is 6. The first-order valence-corrected chi connectivity index (χ1v) is 8.34. The number of alkyl halides is 2. The zero-order valence-corrected chi connectivity index (χ0v) is 13.2. The first-order chi connectivity index (χ1) is 10.6. The number of halogens is 2. The molecule has 0 spiro atoms. The number of carbonyl (C=O) groups excluding carboxylic acids is 1. The molecule has 1 fully saturated rings. The van der Waals surface area contributed by atoms with E-state index in [2.05, 4.69) is 10.1 Å². The summed E-state index contributed by atoms with van der Waals surface area (Å²) in [6, 6.07) is 6.79. The summed E-state index contributed by atoms with van der Waals surface area (Å²) in [6.07, 6.45) is 1.46. The highest BCUT2D eigenvalue weighted by atomic mass is 32.2. The minimum absolute atomic E-state index is 0.125. The van der Waals surface area contributed by atoms with Gasteiger partial charge in [0.05, 0.1) is 0 Å². The molecule has 1 aromatic carbocycles. The SMILES string of the molecule is CN(C(=O)NCCc1ccccc1OC(F)F)[C@H]1CCSC1. The largest absolute Gasteiger partial charge is 0.435 e. The third kappa shape index (κ3) is 4.76. The molecule has 0 aliphatic carbocycles. The molecule has 2 amide bonds. The lowest BCUT2D eigenvalue weighted by Crippen LogP contribution is -2.44. The van der Waals surface area contributed by atoms with Crippen LogP contribution in [0.4, 0.5) is 13.6 Å². The monoisotopic (exact) mass is 330 g/mol. The number of nitrogens with one attached hydrogen (secondary N) is 1. The van der Waals surface area contributed by atoms with Crippen LogP contribution in [0.3, 0.4) is 0 Å². The Bertz CT molecular complexity index is 496. The Kier molecular flexibility index (Phi) is 6.30. The van der Waals surface area contributed by atoms with E-state index in [1.807, 2.05) is 11.8 Å². The molecule has 122 valence electrons. The van der Waals surface area contributed by atoms with Crippen LogP contribution < -0.4 is 10.1 Å². The second-order valence-electron chi connectivity index (χ2n) is 5.10. The van der Waals surface area contributed by atoms with E-state index in [0.717, 1.165) is 17.9 Å². The van der Waals surface area contributed by atoms with Crippen LogP contribution in [-0.4, -0.2) is 48.7 Å². The van der Waals surface area contributed by atoms with Crippen LogP contribution >= 0.6 is 11.8 Å². The second kappa shape index (κ2) is 8.22. The molecule has 1 N–H and O–H groups in total. The summed E-state index contributed by atoms with van der Waals surface area (Å²) in [5, 5.41) is 2.82. The predicted octanol–water partition coefficient (Wildman–Crippen LogP) is 2.98. The summed E-state index contributed by atoms with van der Waals surface area (Å²) in [5.74, 6) is 2.21. The molecule has 0 bridgehead atoms. The maximum absolute atomic E-state index is 12.3. The molecule has 2 rings (SSSR count). The van der Waals surface area contributed by atoms with Gasteiger partial charge in [-0.3, -0.25) is 0 Å². The van der Waals surface area contributed by atoms with Crippen molar-refractivity contribution in [2.24, 2.45) is 0 Å². The van der Waals surface area contributed by atoms with Gasteiger partial charge in [-0.15, -0.1) is 0 Å². The number of benzene rings is 1. The zero-order chi connectivity index (χ0) is 15.9. The maximum Gasteiger partial charge on any atom is 0.387 e. The molecular formula is C15H20F2N2O2S. The number of amides is 2. The summed E-state index contributed by atoms with van der Waals surface area (Å²) in [7, 11) is 1.79. The van der Waals surface area contributed by atoms with Crippen molar-refractivity contribution >= 4 is 17.8 Å². The number of carbonyl (C=O) groups is 1. The molecule has 7 heteroatoms. The molecule has 1 atom stereocenters. The lowest BCUT2D eigenvalue weighted by molar-refractivity contribution is -0.0504. The molecule has 0 radical (unpaired) electrons. The number of ether oxygens (including phenoxy) is 1. The van der Waals surface area contributed by atoms with Gasteiger partial charge in [-0.25, -0.2) is 4.79 Å². The fraction of sp³-hybridized carbons (Fsp3) is 0.533. The molecule has 0 unspecified atom stereocenters. The van der Waals surface area contributed by atoms with E-state index in [0.29, 0.717) is 18.5 Å². The number of hydrogen-bond donors (Lipinski definition) is 1. The van der Waals surface area contributed by atoms with E-state index in [9.17, 15) is 13.6 Å². The number of para-hydroxylation sites is 1. The van der Waals surface area contributed by atoms with Crippen molar-refractivity contribution in [3.05, 3.63) is 29.8 Å². The van der Waals surface area contributed by atoms with E-state index in [4.69, 9.17) is 0 Å². The fourth-order valence-corrected chi connectivity index (χ4v) is 3.61. The third-order valence-corrected chi connectivity index (χ3v) is 4.78. The molecule has 1 heterocycles. The summed E-state index contributed by atoms with van der Waals surface area (Å²) in [4.78, 5) is 13.8. The van der Waals surface area contributed by atoms with Crippen LogP contribution in [-0.2, 0) is 6.42 Å². The van der Waals surface area contributed by atoms with Gasteiger partial charge in [0.2, 0.25) is 0 Å². The van der Waals surface area contributed by atoms with Crippen LogP contribution in [0.5, 0.6) is 5.75 Å². The predicted molar refractivity (Wildman–Crippen MR) is 83.7 cm³/mol. The molecule has 22 heavy (non-hydrogen) atoms. The number of nitrogens with zero attached hydrogens (tertiary/aromatic N) is 1. The van der Waals surface area contributed by atoms with Crippen molar-refractivity contribution in [1.29, 1.82) is 0 Å². The van der Waals surface area contributed by atoms with Gasteiger partial charge in [-0.2, -0.15) is 20.5 Å². The maximum atomic E-state index is 12.3. The molecule has 0 saturated carbocycles. The smallest absolute Gasteiger partial charge is 0.387 e. The molecule has 1 aromatic rings. The normalized spacial score (nSPS) is 17.5. The molecule has 0 aromatic heterocycles. The van der Waals surface area contributed by atoms with Gasteiger partial charge in [0.25, 0.3) is 0 Å². The van der Waals surface area contributed by atoms with Gasteiger partial charge in [0.15, 0.2) is 0 Å².